The van der Waals surface area contributed by atoms with Crippen molar-refractivity contribution in [3.8, 4) is 0 Å². The van der Waals surface area contributed by atoms with Crippen molar-refractivity contribution >= 4 is 27.6 Å². The van der Waals surface area contributed by atoms with E-state index in [-0.39, 0.29) is 15.5 Å². The number of methoxy groups -OCH3 is 1. The van der Waals surface area contributed by atoms with Gasteiger partial charge in [0.15, 0.2) is 0 Å². The first-order valence-electron chi connectivity index (χ1n) is 6.74. The molecule has 7 heteroatoms. The Hall–Kier alpha value is -1.11. The van der Waals surface area contributed by atoms with Crippen molar-refractivity contribution in [2.75, 3.05) is 20.2 Å². The summed E-state index contributed by atoms with van der Waals surface area (Å²) in [5.74, 6) is -0.114. The fourth-order valence-electron chi connectivity index (χ4n) is 2.31. The summed E-state index contributed by atoms with van der Waals surface area (Å²) in [5, 5.41) is 0.174. The molecule has 5 nitrogen and oxygen atoms in total. The van der Waals surface area contributed by atoms with Crippen LogP contribution in [-0.4, -0.2) is 38.9 Å². The number of nitrogens with zero attached hydrogens (tertiary/aromatic N) is 1. The third-order valence-electron chi connectivity index (χ3n) is 3.72. The van der Waals surface area contributed by atoms with Crippen molar-refractivity contribution < 1.29 is 17.9 Å². The molecular formula is C14H18ClNO4S. The molecule has 1 aliphatic heterocycles. The molecule has 1 saturated heterocycles. The highest BCUT2D eigenvalue weighted by Gasteiger charge is 2.29. The molecule has 0 N–H and O–H groups in total. The van der Waals surface area contributed by atoms with Gasteiger partial charge in [-0.1, -0.05) is 18.5 Å². The van der Waals surface area contributed by atoms with E-state index in [0.29, 0.717) is 19.0 Å². The van der Waals surface area contributed by atoms with Crippen molar-refractivity contribution in [1.29, 1.82) is 0 Å². The van der Waals surface area contributed by atoms with Crippen LogP contribution in [0.1, 0.15) is 30.1 Å². The van der Waals surface area contributed by atoms with E-state index >= 15 is 0 Å². The molecule has 1 fully saturated rings. The highest BCUT2D eigenvalue weighted by Crippen LogP contribution is 2.26. The summed E-state index contributed by atoms with van der Waals surface area (Å²) >= 11 is 5.92. The van der Waals surface area contributed by atoms with Gasteiger partial charge in [-0.2, -0.15) is 4.31 Å². The standard InChI is InChI=1S/C14H18ClNO4S/c1-10-5-7-16(8-6-10)21(18,19)11-3-4-13(15)12(9-11)14(17)20-2/h3-4,9-10H,5-8H2,1-2H3. The van der Waals surface area contributed by atoms with Crippen molar-refractivity contribution in [2.45, 2.75) is 24.7 Å². The summed E-state index contributed by atoms with van der Waals surface area (Å²) in [4.78, 5) is 11.7. The zero-order chi connectivity index (χ0) is 15.6. The third-order valence-corrected chi connectivity index (χ3v) is 5.95. The van der Waals surface area contributed by atoms with Crippen molar-refractivity contribution in [1.82, 2.24) is 4.31 Å². The van der Waals surface area contributed by atoms with Crippen LogP contribution in [0.5, 0.6) is 0 Å². The maximum atomic E-state index is 12.6. The van der Waals surface area contributed by atoms with Crippen LogP contribution in [0.4, 0.5) is 0 Å². The Balaban J connectivity index is 2.34. The number of carbonyl (C=O) groups excluding carboxylic acids is 1. The van der Waals surface area contributed by atoms with Crippen LogP contribution in [0, 0.1) is 5.92 Å². The SMILES string of the molecule is COC(=O)c1cc(S(=O)(=O)N2CCC(C)CC2)ccc1Cl. The van der Waals surface area contributed by atoms with Gasteiger partial charge in [0, 0.05) is 13.1 Å². The lowest BCUT2D eigenvalue weighted by atomic mass is 10.0. The predicted octanol–water partition coefficient (Wildman–Crippen LogP) is 2.55. The number of rotatable bonds is 3. The minimum atomic E-state index is -3.60. The van der Waals surface area contributed by atoms with Crippen LogP contribution in [0.15, 0.2) is 23.1 Å². The summed E-state index contributed by atoms with van der Waals surface area (Å²) in [6.45, 7) is 3.11. The molecule has 21 heavy (non-hydrogen) atoms. The van der Waals surface area contributed by atoms with Gasteiger partial charge in [-0.3, -0.25) is 0 Å². The molecule has 0 aliphatic carbocycles. The van der Waals surface area contributed by atoms with Crippen molar-refractivity contribution in [3.63, 3.8) is 0 Å². The summed E-state index contributed by atoms with van der Waals surface area (Å²) < 4.78 is 31.3. The van der Waals surface area contributed by atoms with Gasteiger partial charge in [0.2, 0.25) is 10.0 Å². The molecule has 0 aromatic heterocycles. The maximum absolute atomic E-state index is 12.6. The van der Waals surface area contributed by atoms with E-state index in [4.69, 9.17) is 11.6 Å². The molecule has 0 radical (unpaired) electrons. The number of carbonyl (C=O) groups is 1. The van der Waals surface area contributed by atoms with Crippen LogP contribution in [0.2, 0.25) is 5.02 Å². The number of piperidine rings is 1. The Morgan fingerprint density at radius 3 is 2.52 bits per heavy atom. The molecule has 2 rings (SSSR count). The fourth-order valence-corrected chi connectivity index (χ4v) is 4.00. The summed E-state index contributed by atoms with van der Waals surface area (Å²) in [6.07, 6.45) is 1.69. The molecule has 0 amide bonds. The number of hydrogen-bond acceptors (Lipinski definition) is 4. The lowest BCUT2D eigenvalue weighted by Gasteiger charge is -2.29. The van der Waals surface area contributed by atoms with Gasteiger partial charge in [-0.15, -0.1) is 0 Å². The first-order valence-corrected chi connectivity index (χ1v) is 8.56. The van der Waals surface area contributed by atoms with Crippen LogP contribution < -0.4 is 0 Å². The van der Waals surface area contributed by atoms with E-state index in [2.05, 4.69) is 11.7 Å². The molecule has 1 aromatic rings. The van der Waals surface area contributed by atoms with Crippen LogP contribution >= 0.6 is 11.6 Å². The Morgan fingerprint density at radius 1 is 1.33 bits per heavy atom. The molecule has 1 aromatic carbocycles. The molecule has 0 unspecified atom stereocenters. The Morgan fingerprint density at radius 2 is 1.95 bits per heavy atom. The third kappa shape index (κ3) is 3.39. The van der Waals surface area contributed by atoms with Crippen LogP contribution in [0.3, 0.4) is 0 Å². The molecule has 0 bridgehead atoms. The van der Waals surface area contributed by atoms with Gasteiger partial charge >= 0.3 is 5.97 Å². The topological polar surface area (TPSA) is 63.7 Å². The molecule has 1 aliphatic rings. The molecule has 0 atom stereocenters. The normalized spacial score (nSPS) is 17.7. The fraction of sp³-hybridized carbons (Fsp3) is 0.500. The lowest BCUT2D eigenvalue weighted by Crippen LogP contribution is -2.37. The second kappa shape index (κ2) is 6.34. The largest absolute Gasteiger partial charge is 0.465 e. The Kier molecular flexibility index (Phi) is 4.91. The van der Waals surface area contributed by atoms with E-state index in [1.807, 2.05) is 0 Å². The van der Waals surface area contributed by atoms with Gasteiger partial charge in [-0.25, -0.2) is 13.2 Å². The quantitative estimate of drug-likeness (QED) is 0.798. The first kappa shape index (κ1) is 16.3. The van der Waals surface area contributed by atoms with Crippen molar-refractivity contribution in [2.24, 2.45) is 5.92 Å². The molecular weight excluding hydrogens is 314 g/mol. The molecule has 0 spiro atoms. The van der Waals surface area contributed by atoms with E-state index in [1.165, 1.54) is 29.6 Å². The monoisotopic (exact) mass is 331 g/mol. The highest BCUT2D eigenvalue weighted by molar-refractivity contribution is 7.89. The van der Waals surface area contributed by atoms with E-state index in [0.717, 1.165) is 12.8 Å². The maximum Gasteiger partial charge on any atom is 0.339 e. The Labute approximate surface area is 129 Å². The van der Waals surface area contributed by atoms with Crippen LogP contribution in [0.25, 0.3) is 0 Å². The zero-order valence-corrected chi connectivity index (χ0v) is 13.6. The van der Waals surface area contributed by atoms with Gasteiger partial charge in [0.1, 0.15) is 0 Å². The number of hydrogen-bond donors (Lipinski definition) is 0. The van der Waals surface area contributed by atoms with E-state index in [9.17, 15) is 13.2 Å². The average Bonchev–Trinajstić information content (AvgIpc) is 2.47. The number of ether oxygens (including phenoxy) is 1. The minimum absolute atomic E-state index is 0.0608. The summed E-state index contributed by atoms with van der Waals surface area (Å²) in [6, 6.07) is 4.11. The molecule has 1 heterocycles. The number of sulfonamides is 1. The zero-order valence-electron chi connectivity index (χ0n) is 12.0. The summed E-state index contributed by atoms with van der Waals surface area (Å²) in [7, 11) is -2.37. The lowest BCUT2D eigenvalue weighted by molar-refractivity contribution is 0.0600. The first-order chi connectivity index (χ1) is 9.86. The number of esters is 1. The van der Waals surface area contributed by atoms with Gasteiger partial charge in [0.25, 0.3) is 0 Å². The highest BCUT2D eigenvalue weighted by atomic mass is 35.5. The Bertz CT molecular complexity index is 636. The van der Waals surface area contributed by atoms with E-state index in [1.54, 1.807) is 0 Å². The smallest absolute Gasteiger partial charge is 0.339 e. The van der Waals surface area contributed by atoms with Crippen LogP contribution in [-0.2, 0) is 14.8 Å². The second-order valence-corrected chi connectivity index (χ2v) is 7.56. The summed E-state index contributed by atoms with van der Waals surface area (Å²) in [5.41, 5.74) is 0.0608. The molecule has 116 valence electrons. The van der Waals surface area contributed by atoms with E-state index < -0.39 is 16.0 Å². The van der Waals surface area contributed by atoms with Crippen molar-refractivity contribution in [3.05, 3.63) is 28.8 Å². The predicted molar refractivity (Wildman–Crippen MR) is 79.9 cm³/mol. The average molecular weight is 332 g/mol. The number of benzene rings is 1. The second-order valence-electron chi connectivity index (χ2n) is 5.22. The number of halogens is 1. The van der Waals surface area contributed by atoms with Gasteiger partial charge < -0.3 is 4.74 Å². The molecule has 0 saturated carbocycles. The minimum Gasteiger partial charge on any atom is -0.465 e. The van der Waals surface area contributed by atoms with Gasteiger partial charge in [-0.05, 0) is 37.0 Å². The van der Waals surface area contributed by atoms with Gasteiger partial charge in [0.05, 0.1) is 22.6 Å².